The van der Waals surface area contributed by atoms with Crippen LogP contribution in [0.2, 0.25) is 0 Å². The van der Waals surface area contributed by atoms with E-state index in [-0.39, 0.29) is 12.5 Å². The molecule has 2 atom stereocenters. The van der Waals surface area contributed by atoms with Crippen molar-refractivity contribution in [1.29, 1.82) is 0 Å². The number of carbonyl (C=O) groups is 1. The molecule has 0 fully saturated rings. The summed E-state index contributed by atoms with van der Waals surface area (Å²) in [5.74, 6) is -0.0795. The number of nitrogens with one attached hydrogen (secondary N) is 1. The predicted octanol–water partition coefficient (Wildman–Crippen LogP) is 11.8. The Morgan fingerprint density at radius 1 is 0.511 bits per heavy atom. The van der Waals surface area contributed by atoms with Gasteiger partial charge in [-0.25, -0.2) is 0 Å². The molecule has 264 valence electrons. The molecule has 0 aliphatic rings. The Labute approximate surface area is 281 Å². The lowest BCUT2D eigenvalue weighted by Crippen LogP contribution is -2.45. The van der Waals surface area contributed by atoms with Crippen LogP contribution in [-0.2, 0) is 4.79 Å². The van der Waals surface area contributed by atoms with E-state index in [1.807, 2.05) is 6.08 Å². The van der Waals surface area contributed by atoms with Crippen LogP contribution in [-0.4, -0.2) is 34.9 Å². The van der Waals surface area contributed by atoms with E-state index in [2.05, 4.69) is 43.5 Å². The van der Waals surface area contributed by atoms with Crippen LogP contribution in [0.15, 0.2) is 36.5 Å². The van der Waals surface area contributed by atoms with Gasteiger partial charge < -0.3 is 15.5 Å². The fourth-order valence-corrected chi connectivity index (χ4v) is 5.78. The van der Waals surface area contributed by atoms with E-state index in [0.29, 0.717) is 6.42 Å². The Balaban J connectivity index is 3.66. The van der Waals surface area contributed by atoms with Crippen molar-refractivity contribution in [3.05, 3.63) is 36.5 Å². The van der Waals surface area contributed by atoms with Gasteiger partial charge in [-0.3, -0.25) is 4.79 Å². The molecule has 4 nitrogen and oxygen atoms in total. The average molecular weight is 632 g/mol. The third-order valence-corrected chi connectivity index (χ3v) is 8.85. The Morgan fingerprint density at radius 2 is 0.867 bits per heavy atom. The summed E-state index contributed by atoms with van der Waals surface area (Å²) in [5, 5.41) is 22.9. The molecule has 0 aromatic heterocycles. The van der Waals surface area contributed by atoms with Crippen LogP contribution in [0.3, 0.4) is 0 Å². The van der Waals surface area contributed by atoms with E-state index < -0.39 is 12.1 Å². The molecule has 0 aliphatic heterocycles. The summed E-state index contributed by atoms with van der Waals surface area (Å²) in [4.78, 5) is 12.3. The fraction of sp³-hybridized carbons (Fsp3) is 0.829. The van der Waals surface area contributed by atoms with Gasteiger partial charge in [-0.05, 0) is 57.8 Å². The molecular formula is C41H77NO3. The van der Waals surface area contributed by atoms with Gasteiger partial charge in [0.2, 0.25) is 5.91 Å². The lowest BCUT2D eigenvalue weighted by Gasteiger charge is -2.19. The van der Waals surface area contributed by atoms with E-state index in [1.165, 1.54) is 148 Å². The number of aliphatic hydroxyl groups is 2. The lowest BCUT2D eigenvalue weighted by molar-refractivity contribution is -0.123. The van der Waals surface area contributed by atoms with Crippen LogP contribution in [0.1, 0.15) is 200 Å². The maximum atomic E-state index is 12.3. The van der Waals surface area contributed by atoms with E-state index in [0.717, 1.165) is 32.1 Å². The molecule has 0 heterocycles. The second-order valence-electron chi connectivity index (χ2n) is 13.3. The van der Waals surface area contributed by atoms with Gasteiger partial charge in [0.05, 0.1) is 18.8 Å². The van der Waals surface area contributed by atoms with E-state index >= 15 is 0 Å². The molecule has 0 rings (SSSR count). The largest absolute Gasteiger partial charge is 0.394 e. The Morgan fingerprint density at radius 3 is 1.29 bits per heavy atom. The first-order valence-electron chi connectivity index (χ1n) is 19.7. The average Bonchev–Trinajstić information content (AvgIpc) is 3.04. The van der Waals surface area contributed by atoms with Crippen molar-refractivity contribution in [2.75, 3.05) is 6.61 Å². The van der Waals surface area contributed by atoms with Gasteiger partial charge in [0, 0.05) is 6.42 Å². The zero-order valence-electron chi connectivity index (χ0n) is 30.1. The van der Waals surface area contributed by atoms with Crippen molar-refractivity contribution in [3.8, 4) is 0 Å². The van der Waals surface area contributed by atoms with E-state index in [1.54, 1.807) is 6.08 Å². The summed E-state index contributed by atoms with van der Waals surface area (Å²) < 4.78 is 0. The molecule has 4 heteroatoms. The second kappa shape index (κ2) is 37.1. The van der Waals surface area contributed by atoms with Gasteiger partial charge in [0.1, 0.15) is 0 Å². The number of hydrogen-bond donors (Lipinski definition) is 3. The minimum absolute atomic E-state index is 0.0795. The molecule has 0 spiro atoms. The zero-order chi connectivity index (χ0) is 32.9. The normalized spacial score (nSPS) is 13.4. The third-order valence-electron chi connectivity index (χ3n) is 8.85. The minimum atomic E-state index is -0.861. The van der Waals surface area contributed by atoms with Crippen molar-refractivity contribution < 1.29 is 15.0 Å². The summed E-state index contributed by atoms with van der Waals surface area (Å²) >= 11 is 0. The highest BCUT2D eigenvalue weighted by Gasteiger charge is 2.17. The van der Waals surface area contributed by atoms with Gasteiger partial charge in [-0.15, -0.1) is 0 Å². The van der Waals surface area contributed by atoms with E-state index in [9.17, 15) is 15.0 Å². The summed E-state index contributed by atoms with van der Waals surface area (Å²) in [5.41, 5.74) is 0. The molecule has 0 saturated heterocycles. The Hall–Kier alpha value is -1.39. The molecule has 0 unspecified atom stereocenters. The summed E-state index contributed by atoms with van der Waals surface area (Å²) in [6.45, 7) is 4.28. The van der Waals surface area contributed by atoms with Gasteiger partial charge in [-0.1, -0.05) is 172 Å². The first-order valence-corrected chi connectivity index (χ1v) is 19.7. The lowest BCUT2D eigenvalue weighted by atomic mass is 10.1. The van der Waals surface area contributed by atoms with Crippen LogP contribution < -0.4 is 5.32 Å². The van der Waals surface area contributed by atoms with Gasteiger partial charge in [-0.2, -0.15) is 0 Å². The zero-order valence-corrected chi connectivity index (χ0v) is 30.1. The van der Waals surface area contributed by atoms with Gasteiger partial charge >= 0.3 is 0 Å². The van der Waals surface area contributed by atoms with Crippen molar-refractivity contribution in [1.82, 2.24) is 5.32 Å². The number of rotatable bonds is 35. The number of amides is 1. The highest BCUT2D eigenvalue weighted by molar-refractivity contribution is 5.76. The standard InChI is InChI=1S/C41H77NO3/c1-3-5-7-9-11-13-15-17-19-21-23-25-27-29-31-33-35-37-41(45)42-39(38-43)40(44)36-34-32-30-28-26-24-22-20-18-16-14-12-10-8-6-4-2/h17,19,26,28,34,36,39-40,43-44H,3-16,18,20-25,27,29-33,35,37-38H2,1-2H3,(H,42,45)/b19-17+,28-26+,36-34+/t39-,40+/m0/s1. The van der Waals surface area contributed by atoms with Crippen LogP contribution in [0, 0.1) is 0 Å². The number of aliphatic hydroxyl groups excluding tert-OH is 2. The molecule has 0 aromatic rings. The Bertz CT molecular complexity index is 686. The van der Waals surface area contributed by atoms with Crippen molar-refractivity contribution >= 4 is 5.91 Å². The molecule has 0 aromatic carbocycles. The molecule has 1 amide bonds. The first kappa shape index (κ1) is 43.6. The maximum absolute atomic E-state index is 12.3. The topological polar surface area (TPSA) is 69.6 Å². The highest BCUT2D eigenvalue weighted by Crippen LogP contribution is 2.13. The minimum Gasteiger partial charge on any atom is -0.394 e. The van der Waals surface area contributed by atoms with Gasteiger partial charge in [0.25, 0.3) is 0 Å². The number of allylic oxidation sites excluding steroid dienone is 5. The summed E-state index contributed by atoms with van der Waals surface area (Å²) in [6.07, 6.45) is 48.0. The van der Waals surface area contributed by atoms with E-state index in [4.69, 9.17) is 0 Å². The van der Waals surface area contributed by atoms with Crippen molar-refractivity contribution in [2.45, 2.75) is 212 Å². The molecule has 0 aliphatic carbocycles. The maximum Gasteiger partial charge on any atom is 0.220 e. The molecule has 0 saturated carbocycles. The summed E-state index contributed by atoms with van der Waals surface area (Å²) in [6, 6.07) is -0.638. The van der Waals surface area contributed by atoms with Crippen LogP contribution >= 0.6 is 0 Å². The number of hydrogen-bond acceptors (Lipinski definition) is 3. The SMILES string of the molecule is CCCCCCCC/C=C/CCCCCCCCCC(=O)N[C@@H](CO)[C@H](O)/C=C/CC/C=C/CCCCCCCCCCCC. The molecule has 0 bridgehead atoms. The number of carbonyl (C=O) groups excluding carboxylic acids is 1. The monoisotopic (exact) mass is 632 g/mol. The second-order valence-corrected chi connectivity index (χ2v) is 13.3. The van der Waals surface area contributed by atoms with Crippen LogP contribution in [0.4, 0.5) is 0 Å². The van der Waals surface area contributed by atoms with Crippen LogP contribution in [0.5, 0.6) is 0 Å². The number of unbranched alkanes of at least 4 members (excludes halogenated alkanes) is 24. The molecule has 3 N–H and O–H groups in total. The van der Waals surface area contributed by atoms with Crippen molar-refractivity contribution in [2.24, 2.45) is 0 Å². The first-order chi connectivity index (χ1) is 22.2. The smallest absolute Gasteiger partial charge is 0.220 e. The van der Waals surface area contributed by atoms with Crippen molar-refractivity contribution in [3.63, 3.8) is 0 Å². The molecule has 0 radical (unpaired) electrons. The molecular weight excluding hydrogens is 554 g/mol. The molecule has 45 heavy (non-hydrogen) atoms. The highest BCUT2D eigenvalue weighted by atomic mass is 16.3. The Kier molecular flexibility index (Phi) is 35.9. The van der Waals surface area contributed by atoms with Gasteiger partial charge in [0.15, 0.2) is 0 Å². The summed E-state index contributed by atoms with van der Waals surface area (Å²) in [7, 11) is 0. The fourth-order valence-electron chi connectivity index (χ4n) is 5.78. The quantitative estimate of drug-likeness (QED) is 0.0481. The van der Waals surface area contributed by atoms with Crippen LogP contribution in [0.25, 0.3) is 0 Å². The third kappa shape index (κ3) is 33.8. The predicted molar refractivity (Wildman–Crippen MR) is 198 cm³/mol.